The molecule has 41 heavy (non-hydrogen) atoms. The molecule has 0 bridgehead atoms. The van der Waals surface area contributed by atoms with Crippen LogP contribution >= 0.6 is 34.8 Å². The summed E-state index contributed by atoms with van der Waals surface area (Å²) >= 11 is 7.65. The Bertz CT molecular complexity index is 1560. The number of benzene rings is 2. The summed E-state index contributed by atoms with van der Waals surface area (Å²) in [5, 5.41) is 10.6. The van der Waals surface area contributed by atoms with Crippen LogP contribution in [0.25, 0.3) is 5.69 Å². The minimum absolute atomic E-state index is 0.237. The van der Waals surface area contributed by atoms with E-state index in [1.54, 1.807) is 32.2 Å². The van der Waals surface area contributed by atoms with Crippen molar-refractivity contribution < 1.29 is 19.1 Å². The molecule has 2 heterocycles. The van der Waals surface area contributed by atoms with Crippen molar-refractivity contribution in [1.29, 1.82) is 0 Å². The lowest BCUT2D eigenvalue weighted by molar-refractivity contribution is -0.139. The molecular weight excluding hydrogens is 653 g/mol. The minimum atomic E-state index is -0.604. The molecule has 2 aromatic carbocycles. The predicted octanol–water partition coefficient (Wildman–Crippen LogP) is 4.89. The predicted molar refractivity (Wildman–Crippen MR) is 171 cm³/mol. The van der Waals surface area contributed by atoms with E-state index in [0.29, 0.717) is 27.7 Å². The van der Waals surface area contributed by atoms with Crippen molar-refractivity contribution in [2.75, 3.05) is 13.2 Å². The van der Waals surface area contributed by atoms with Crippen molar-refractivity contribution in [2.45, 2.75) is 40.7 Å². The van der Waals surface area contributed by atoms with Crippen molar-refractivity contribution in [1.82, 2.24) is 20.6 Å². The molecule has 1 aromatic heterocycles. The summed E-state index contributed by atoms with van der Waals surface area (Å²) in [5.41, 5.74) is 9.43. The zero-order chi connectivity index (χ0) is 29.7. The number of halogens is 1. The molecule has 0 saturated heterocycles. The maximum atomic E-state index is 12.7. The first-order chi connectivity index (χ1) is 19.6. The van der Waals surface area contributed by atoms with Gasteiger partial charge in [0.15, 0.2) is 11.7 Å². The number of ether oxygens (including phenoxy) is 2. The van der Waals surface area contributed by atoms with Crippen LogP contribution in [0, 0.1) is 24.3 Å². The third-order valence-corrected chi connectivity index (χ3v) is 8.05. The minimum Gasteiger partial charge on any atom is -0.483 e. The van der Waals surface area contributed by atoms with E-state index < -0.39 is 17.9 Å². The van der Waals surface area contributed by atoms with Gasteiger partial charge in [0.05, 0.1) is 24.4 Å². The molecule has 9 nitrogen and oxygen atoms in total. The Morgan fingerprint density at radius 2 is 1.90 bits per heavy atom. The molecule has 0 fully saturated rings. The first-order valence-corrected chi connectivity index (χ1v) is 14.5. The lowest BCUT2D eigenvalue weighted by atomic mass is 9.95. The molecule has 0 spiro atoms. The summed E-state index contributed by atoms with van der Waals surface area (Å²) in [6.07, 6.45) is 1.63. The zero-order valence-corrected chi connectivity index (χ0v) is 26.5. The lowest BCUT2D eigenvalue weighted by Crippen LogP contribution is -2.45. The highest BCUT2D eigenvalue weighted by Crippen LogP contribution is 2.33. The smallest absolute Gasteiger partial charge is 0.338 e. The van der Waals surface area contributed by atoms with Crippen LogP contribution in [0.5, 0.6) is 5.75 Å². The number of nitrogens with zero attached hydrogens (tertiary/aromatic N) is 2. The summed E-state index contributed by atoms with van der Waals surface area (Å²) in [6.45, 7) is 9.62. The molecule has 1 amide bonds. The maximum Gasteiger partial charge on any atom is 0.338 e. The summed E-state index contributed by atoms with van der Waals surface area (Å²) in [6, 6.07) is 14.9. The van der Waals surface area contributed by atoms with Crippen LogP contribution in [-0.2, 0) is 14.3 Å². The van der Waals surface area contributed by atoms with E-state index in [2.05, 4.69) is 73.4 Å². The number of aromatic nitrogens is 1. The van der Waals surface area contributed by atoms with E-state index in [4.69, 9.17) is 21.7 Å². The quantitative estimate of drug-likeness (QED) is 0.0969. The number of amides is 1. The number of aryl methyl sites for hydroxylation is 2. The summed E-state index contributed by atoms with van der Waals surface area (Å²) < 4.78 is 14.5. The highest BCUT2D eigenvalue weighted by molar-refractivity contribution is 14.1. The average molecular weight is 686 g/mol. The molecule has 4 rings (SSSR count). The SMILES string of the molecule is CCOC(=O)C1=C(C)NC(=S)N[C@@H]1c1ccccc1OCC(=O)NN=Cc1cc(C)n(-c2ccc(I)c(C)c2)c1C. The Balaban J connectivity index is 1.45. The summed E-state index contributed by atoms with van der Waals surface area (Å²) in [4.78, 5) is 25.4. The fourth-order valence-electron chi connectivity index (χ4n) is 4.69. The number of rotatable bonds is 9. The number of esters is 1. The molecule has 1 aliphatic heterocycles. The fraction of sp³-hybridized carbons (Fsp3) is 0.267. The zero-order valence-electron chi connectivity index (χ0n) is 23.5. The van der Waals surface area contributed by atoms with Gasteiger partial charge in [0.25, 0.3) is 5.91 Å². The van der Waals surface area contributed by atoms with Crippen molar-refractivity contribution in [3.05, 3.63) is 91.4 Å². The molecular formula is C30H32IN5O4S. The van der Waals surface area contributed by atoms with E-state index in [0.717, 1.165) is 22.6 Å². The number of hydrogen-bond donors (Lipinski definition) is 3. The second kappa shape index (κ2) is 13.3. The Morgan fingerprint density at radius 1 is 1.15 bits per heavy atom. The van der Waals surface area contributed by atoms with Gasteiger partial charge in [-0.2, -0.15) is 5.10 Å². The molecule has 0 saturated carbocycles. The van der Waals surface area contributed by atoms with Gasteiger partial charge in [-0.15, -0.1) is 0 Å². The van der Waals surface area contributed by atoms with Crippen molar-refractivity contribution in [3.63, 3.8) is 0 Å². The number of carbonyl (C=O) groups excluding carboxylic acids is 2. The Morgan fingerprint density at radius 3 is 2.63 bits per heavy atom. The second-order valence-electron chi connectivity index (χ2n) is 9.51. The average Bonchev–Trinajstić information content (AvgIpc) is 3.21. The monoisotopic (exact) mass is 685 g/mol. The highest BCUT2D eigenvalue weighted by Gasteiger charge is 2.32. The number of hydrogen-bond acceptors (Lipinski definition) is 6. The number of para-hydroxylation sites is 1. The molecule has 11 heteroatoms. The molecule has 1 atom stereocenters. The lowest BCUT2D eigenvalue weighted by Gasteiger charge is -2.30. The van der Waals surface area contributed by atoms with Gasteiger partial charge >= 0.3 is 5.97 Å². The van der Waals surface area contributed by atoms with Crippen molar-refractivity contribution >= 4 is 58.0 Å². The van der Waals surface area contributed by atoms with Crippen molar-refractivity contribution in [2.24, 2.45) is 5.10 Å². The standard InChI is InChI=1S/C30H32IN5O4S/c1-6-39-29(38)27-19(4)33-30(41)34-28(27)23-9-7-8-10-25(23)40-16-26(37)35-32-15-21-14-18(3)36(20(21)5)22-11-12-24(31)17(2)13-22/h7-15,28H,6,16H2,1-5H3,(H,35,37)(H2,33,34,41)/t28-/m1/s1. The Hall–Kier alpha value is -3.71. The van der Waals surface area contributed by atoms with Gasteiger partial charge in [-0.05, 0) is 105 Å². The van der Waals surface area contributed by atoms with E-state index >= 15 is 0 Å². The van der Waals surface area contributed by atoms with Gasteiger partial charge in [0, 0.05) is 37.5 Å². The van der Waals surface area contributed by atoms with Gasteiger partial charge in [-0.1, -0.05) is 18.2 Å². The molecule has 0 aliphatic carbocycles. The second-order valence-corrected chi connectivity index (χ2v) is 11.1. The van der Waals surface area contributed by atoms with Crippen LogP contribution < -0.4 is 20.8 Å². The largest absolute Gasteiger partial charge is 0.483 e. The maximum absolute atomic E-state index is 12.7. The number of nitrogens with one attached hydrogen (secondary N) is 3. The van der Waals surface area contributed by atoms with Crippen molar-refractivity contribution in [3.8, 4) is 11.4 Å². The molecule has 3 N–H and O–H groups in total. The molecule has 1 aliphatic rings. The summed E-state index contributed by atoms with van der Waals surface area (Å²) in [5.74, 6) is -0.458. The normalized spacial score (nSPS) is 15.0. The number of allylic oxidation sites excluding steroid dienone is 1. The highest BCUT2D eigenvalue weighted by atomic mass is 127. The Kier molecular flexibility index (Phi) is 9.81. The molecule has 3 aromatic rings. The van der Waals surface area contributed by atoms with Crippen LogP contribution in [0.2, 0.25) is 0 Å². The van der Waals surface area contributed by atoms with E-state index in [9.17, 15) is 9.59 Å². The van der Waals surface area contributed by atoms with E-state index in [1.165, 1.54) is 9.13 Å². The number of hydrazone groups is 1. The third kappa shape index (κ3) is 6.96. The molecule has 214 valence electrons. The molecule has 0 radical (unpaired) electrons. The van der Waals surface area contributed by atoms with Crippen LogP contribution in [0.15, 0.2) is 64.9 Å². The van der Waals surface area contributed by atoms with Crippen LogP contribution in [-0.4, -0.2) is 41.0 Å². The fourth-order valence-corrected chi connectivity index (χ4v) is 5.30. The first kappa shape index (κ1) is 30.3. The van der Waals surface area contributed by atoms with Gasteiger partial charge in [-0.3, -0.25) is 4.79 Å². The number of thiocarbonyl (C=S) groups is 1. The van der Waals surface area contributed by atoms with Crippen LogP contribution in [0.4, 0.5) is 0 Å². The van der Waals surface area contributed by atoms with E-state index in [-0.39, 0.29) is 13.2 Å². The van der Waals surface area contributed by atoms with Crippen LogP contribution in [0.1, 0.15) is 48.0 Å². The summed E-state index contributed by atoms with van der Waals surface area (Å²) in [7, 11) is 0. The van der Waals surface area contributed by atoms with Gasteiger partial charge in [0.2, 0.25) is 0 Å². The molecule has 0 unspecified atom stereocenters. The van der Waals surface area contributed by atoms with Gasteiger partial charge < -0.3 is 24.7 Å². The van der Waals surface area contributed by atoms with Crippen LogP contribution in [0.3, 0.4) is 0 Å². The topological polar surface area (TPSA) is 106 Å². The third-order valence-electron chi connectivity index (χ3n) is 6.62. The first-order valence-electron chi connectivity index (χ1n) is 13.0. The number of carbonyl (C=O) groups is 2. The Labute approximate surface area is 258 Å². The van der Waals surface area contributed by atoms with E-state index in [1.807, 2.05) is 32.0 Å². The van der Waals surface area contributed by atoms with Gasteiger partial charge in [-0.25, -0.2) is 10.2 Å². The van der Waals surface area contributed by atoms with Gasteiger partial charge in [0.1, 0.15) is 5.75 Å².